The van der Waals surface area contributed by atoms with Crippen LogP contribution in [0.15, 0.2) is 12.1 Å². The molecule has 0 saturated carbocycles. The van der Waals surface area contributed by atoms with Crippen molar-refractivity contribution in [1.29, 1.82) is 0 Å². The Balaban J connectivity index is 1.65. The SMILES string of the molecule is CCCCCCCC(O)N[C@H](CN1CCCC1)[C@H](O)c1cc(O)c2c(c1)OCCO2. The van der Waals surface area contributed by atoms with Crippen LogP contribution in [0.25, 0.3) is 0 Å². The molecular formula is C23H38N2O5. The van der Waals surface area contributed by atoms with Gasteiger partial charge in [0.25, 0.3) is 0 Å². The molecule has 4 N–H and O–H groups in total. The number of aliphatic hydroxyl groups excluding tert-OH is 2. The van der Waals surface area contributed by atoms with Crippen molar-refractivity contribution in [2.75, 3.05) is 32.8 Å². The molecule has 0 amide bonds. The zero-order valence-corrected chi connectivity index (χ0v) is 18.2. The standard InChI is InChI=1S/C23H38N2O5/c1-2-3-4-5-6-9-21(27)24-18(16-25-10-7-8-11-25)22(28)17-14-19(26)23-20(15-17)29-12-13-30-23/h14-15,18,21-22,24,26-28H,2-13,16H2,1H3/t18-,21?,22-/m1/s1. The molecule has 2 heterocycles. The highest BCUT2D eigenvalue weighted by atomic mass is 16.6. The number of fused-ring (bicyclic) bond motifs is 1. The van der Waals surface area contributed by atoms with Gasteiger partial charge in [-0.3, -0.25) is 5.32 Å². The Morgan fingerprint density at radius 1 is 1.03 bits per heavy atom. The average Bonchev–Trinajstić information content (AvgIpc) is 3.26. The van der Waals surface area contributed by atoms with E-state index in [2.05, 4.69) is 17.1 Å². The molecule has 1 aromatic rings. The van der Waals surface area contributed by atoms with Crippen LogP contribution >= 0.6 is 0 Å². The van der Waals surface area contributed by atoms with Crippen molar-refractivity contribution in [1.82, 2.24) is 10.2 Å². The Bertz CT molecular complexity index is 651. The van der Waals surface area contributed by atoms with Crippen LogP contribution in [-0.2, 0) is 0 Å². The van der Waals surface area contributed by atoms with Crippen LogP contribution in [0.4, 0.5) is 0 Å². The van der Waals surface area contributed by atoms with Crippen LogP contribution in [0.1, 0.15) is 70.0 Å². The van der Waals surface area contributed by atoms with Gasteiger partial charge in [0.2, 0.25) is 5.75 Å². The summed E-state index contributed by atoms with van der Waals surface area (Å²) in [6.45, 7) is 5.65. The number of aromatic hydroxyl groups is 1. The number of unbranched alkanes of at least 4 members (excludes halogenated alkanes) is 4. The van der Waals surface area contributed by atoms with E-state index in [1.54, 1.807) is 6.07 Å². The molecular weight excluding hydrogens is 384 g/mol. The first-order chi connectivity index (χ1) is 14.6. The summed E-state index contributed by atoms with van der Waals surface area (Å²) in [7, 11) is 0. The maximum absolute atomic E-state index is 11.1. The third-order valence-corrected chi connectivity index (χ3v) is 6.01. The molecule has 0 spiro atoms. The lowest BCUT2D eigenvalue weighted by Gasteiger charge is -2.31. The lowest BCUT2D eigenvalue weighted by Crippen LogP contribution is -2.48. The fourth-order valence-corrected chi connectivity index (χ4v) is 4.32. The molecule has 2 aliphatic heterocycles. The Hall–Kier alpha value is -1.54. The van der Waals surface area contributed by atoms with E-state index >= 15 is 0 Å². The van der Waals surface area contributed by atoms with E-state index in [0.717, 1.165) is 38.8 Å². The van der Waals surface area contributed by atoms with Gasteiger partial charge in [-0.25, -0.2) is 0 Å². The first kappa shape index (κ1) is 23.1. The van der Waals surface area contributed by atoms with Crippen molar-refractivity contribution in [2.45, 2.75) is 76.7 Å². The fourth-order valence-electron chi connectivity index (χ4n) is 4.32. The summed E-state index contributed by atoms with van der Waals surface area (Å²) in [4.78, 5) is 2.31. The smallest absolute Gasteiger partial charge is 0.203 e. The van der Waals surface area contributed by atoms with Gasteiger partial charge in [0.15, 0.2) is 11.5 Å². The average molecular weight is 423 g/mol. The Morgan fingerprint density at radius 3 is 2.53 bits per heavy atom. The van der Waals surface area contributed by atoms with Gasteiger partial charge in [-0.15, -0.1) is 0 Å². The third kappa shape index (κ3) is 6.48. The molecule has 7 nitrogen and oxygen atoms in total. The number of aliphatic hydroxyl groups is 2. The summed E-state index contributed by atoms with van der Waals surface area (Å²) < 4.78 is 11.1. The van der Waals surface area contributed by atoms with E-state index in [1.165, 1.54) is 25.3 Å². The van der Waals surface area contributed by atoms with E-state index in [9.17, 15) is 15.3 Å². The number of hydrogen-bond acceptors (Lipinski definition) is 7. The third-order valence-electron chi connectivity index (χ3n) is 6.01. The predicted molar refractivity (Wildman–Crippen MR) is 116 cm³/mol. The summed E-state index contributed by atoms with van der Waals surface area (Å²) in [5.74, 6) is 0.748. The molecule has 3 rings (SSSR count). The molecule has 3 atom stereocenters. The zero-order chi connectivity index (χ0) is 21.3. The molecule has 1 saturated heterocycles. The van der Waals surface area contributed by atoms with E-state index in [4.69, 9.17) is 9.47 Å². The molecule has 0 aromatic heterocycles. The van der Waals surface area contributed by atoms with Gasteiger partial charge in [-0.05, 0) is 56.5 Å². The van der Waals surface area contributed by atoms with E-state index in [0.29, 0.717) is 43.2 Å². The molecule has 1 fully saturated rings. The molecule has 1 aromatic carbocycles. The van der Waals surface area contributed by atoms with Gasteiger partial charge in [0.05, 0.1) is 12.1 Å². The summed E-state index contributed by atoms with van der Waals surface area (Å²) in [6.07, 6.45) is 7.13. The number of likely N-dealkylation sites (tertiary alicyclic amines) is 1. The van der Waals surface area contributed by atoms with Crippen molar-refractivity contribution in [3.05, 3.63) is 17.7 Å². The van der Waals surface area contributed by atoms with Gasteiger partial charge >= 0.3 is 0 Å². The van der Waals surface area contributed by atoms with Crippen molar-refractivity contribution in [2.24, 2.45) is 0 Å². The molecule has 0 radical (unpaired) electrons. The number of benzene rings is 1. The van der Waals surface area contributed by atoms with Gasteiger partial charge in [0.1, 0.15) is 19.4 Å². The minimum atomic E-state index is -0.887. The fraction of sp³-hybridized carbons (Fsp3) is 0.739. The molecule has 2 aliphatic rings. The number of phenolic OH excluding ortho intramolecular Hbond substituents is 1. The highest BCUT2D eigenvalue weighted by molar-refractivity contribution is 5.54. The Labute approximate surface area is 180 Å². The minimum Gasteiger partial charge on any atom is -0.504 e. The second kappa shape index (κ2) is 11.7. The van der Waals surface area contributed by atoms with E-state index in [-0.39, 0.29) is 11.8 Å². The first-order valence-electron chi connectivity index (χ1n) is 11.6. The first-order valence-corrected chi connectivity index (χ1v) is 11.6. The Morgan fingerprint density at radius 2 is 1.77 bits per heavy atom. The predicted octanol–water partition coefficient (Wildman–Crippen LogP) is 2.93. The monoisotopic (exact) mass is 422 g/mol. The summed E-state index contributed by atoms with van der Waals surface area (Å²) >= 11 is 0. The van der Waals surface area contributed by atoms with Crippen LogP contribution in [0.3, 0.4) is 0 Å². The van der Waals surface area contributed by atoms with Crippen molar-refractivity contribution >= 4 is 0 Å². The molecule has 1 unspecified atom stereocenters. The van der Waals surface area contributed by atoms with Crippen LogP contribution in [0.5, 0.6) is 17.2 Å². The summed E-state index contributed by atoms with van der Waals surface area (Å²) in [6, 6.07) is 2.92. The zero-order valence-electron chi connectivity index (χ0n) is 18.2. The van der Waals surface area contributed by atoms with Gasteiger partial charge in [-0.1, -0.05) is 32.6 Å². The number of ether oxygens (including phenoxy) is 2. The summed E-state index contributed by atoms with van der Waals surface area (Å²) in [5, 5.41) is 35.3. The van der Waals surface area contributed by atoms with Crippen molar-refractivity contribution in [3.8, 4) is 17.2 Å². The maximum atomic E-state index is 11.1. The topological polar surface area (TPSA) is 94.4 Å². The van der Waals surface area contributed by atoms with Crippen LogP contribution in [0, 0.1) is 0 Å². The van der Waals surface area contributed by atoms with E-state index in [1.807, 2.05) is 0 Å². The summed E-state index contributed by atoms with van der Waals surface area (Å²) in [5.41, 5.74) is 0.559. The minimum absolute atomic E-state index is 0.0300. The Kier molecular flexibility index (Phi) is 9.05. The lowest BCUT2D eigenvalue weighted by molar-refractivity contribution is 0.0461. The number of nitrogens with one attached hydrogen (secondary N) is 1. The molecule has 0 bridgehead atoms. The van der Waals surface area contributed by atoms with Crippen molar-refractivity contribution < 1.29 is 24.8 Å². The number of phenols is 1. The van der Waals surface area contributed by atoms with Crippen LogP contribution in [0.2, 0.25) is 0 Å². The molecule has 170 valence electrons. The highest BCUT2D eigenvalue weighted by Gasteiger charge is 2.29. The van der Waals surface area contributed by atoms with Crippen LogP contribution < -0.4 is 14.8 Å². The van der Waals surface area contributed by atoms with E-state index < -0.39 is 12.3 Å². The second-order valence-corrected chi connectivity index (χ2v) is 8.51. The maximum Gasteiger partial charge on any atom is 0.203 e. The highest BCUT2D eigenvalue weighted by Crippen LogP contribution is 2.41. The quantitative estimate of drug-likeness (QED) is 0.304. The number of nitrogens with zero attached hydrogens (tertiary/aromatic N) is 1. The van der Waals surface area contributed by atoms with Crippen LogP contribution in [-0.4, -0.2) is 65.3 Å². The number of rotatable bonds is 12. The largest absolute Gasteiger partial charge is 0.504 e. The lowest BCUT2D eigenvalue weighted by atomic mass is 9.99. The molecule has 30 heavy (non-hydrogen) atoms. The molecule has 7 heteroatoms. The van der Waals surface area contributed by atoms with Gasteiger partial charge in [0, 0.05) is 6.54 Å². The normalized spacial score (nSPS) is 19.6. The molecule has 0 aliphatic carbocycles. The second-order valence-electron chi connectivity index (χ2n) is 8.51. The number of hydrogen-bond donors (Lipinski definition) is 4. The van der Waals surface area contributed by atoms with Gasteiger partial charge in [-0.2, -0.15) is 0 Å². The van der Waals surface area contributed by atoms with Gasteiger partial charge < -0.3 is 29.7 Å². The van der Waals surface area contributed by atoms with Crippen molar-refractivity contribution in [3.63, 3.8) is 0 Å².